The molecule has 0 saturated heterocycles. The smallest absolute Gasteiger partial charge is 0.198 e. The zero-order valence-corrected chi connectivity index (χ0v) is 12.7. The van der Waals surface area contributed by atoms with Crippen molar-refractivity contribution >= 4 is 32.6 Å². The molecule has 0 atom stereocenters. The van der Waals surface area contributed by atoms with Crippen LogP contribution in [0.3, 0.4) is 0 Å². The fourth-order valence-corrected chi connectivity index (χ4v) is 2.59. The van der Waals surface area contributed by atoms with Crippen LogP contribution in [0.2, 0.25) is 0 Å². The van der Waals surface area contributed by atoms with Crippen LogP contribution in [0.5, 0.6) is 5.75 Å². The fourth-order valence-electron chi connectivity index (χ4n) is 2.23. The molecule has 3 rings (SSSR count). The van der Waals surface area contributed by atoms with E-state index in [4.69, 9.17) is 4.74 Å². The molecule has 0 spiro atoms. The lowest BCUT2D eigenvalue weighted by Crippen LogP contribution is -2.04. The van der Waals surface area contributed by atoms with Gasteiger partial charge in [-0.15, -0.1) is 0 Å². The average Bonchev–Trinajstić information content (AvgIpc) is 2.89. The molecule has 1 aromatic heterocycles. The Hall–Kier alpha value is -2.14. The van der Waals surface area contributed by atoms with Gasteiger partial charge in [-0.05, 0) is 30.3 Å². The molecule has 2 aromatic carbocycles. The van der Waals surface area contributed by atoms with Crippen molar-refractivity contribution in [3.05, 3.63) is 64.0 Å². The number of nitrogens with one attached hydrogen (secondary N) is 1. The lowest BCUT2D eigenvalue weighted by atomic mass is 10.0. The Morgan fingerprint density at radius 1 is 1.19 bits per heavy atom. The predicted octanol–water partition coefficient (Wildman–Crippen LogP) is 4.31. The third kappa shape index (κ3) is 2.45. The van der Waals surface area contributed by atoms with Gasteiger partial charge in [-0.1, -0.05) is 15.9 Å². The molecular weight excluding hydrogens is 337 g/mol. The molecule has 3 aromatic rings. The van der Waals surface area contributed by atoms with E-state index >= 15 is 0 Å². The number of H-pyrrole nitrogens is 1. The number of hydrogen-bond donors (Lipinski definition) is 1. The summed E-state index contributed by atoms with van der Waals surface area (Å²) in [7, 11) is 1.45. The molecule has 5 heteroatoms. The summed E-state index contributed by atoms with van der Waals surface area (Å²) in [5.41, 5.74) is 1.29. The fraction of sp³-hybridized carbons (Fsp3) is 0.0625. The number of fused-ring (bicyclic) bond motifs is 1. The topological polar surface area (TPSA) is 42.1 Å². The number of ether oxygens (including phenoxy) is 1. The van der Waals surface area contributed by atoms with Gasteiger partial charge < -0.3 is 9.72 Å². The number of halogens is 2. The first-order valence-corrected chi connectivity index (χ1v) is 7.04. The molecule has 0 radical (unpaired) electrons. The van der Waals surface area contributed by atoms with Crippen molar-refractivity contribution in [2.75, 3.05) is 7.11 Å². The van der Waals surface area contributed by atoms with Crippen molar-refractivity contribution in [2.45, 2.75) is 0 Å². The van der Waals surface area contributed by atoms with E-state index in [1.807, 2.05) is 18.2 Å². The normalized spacial score (nSPS) is 10.8. The van der Waals surface area contributed by atoms with E-state index in [-0.39, 0.29) is 11.3 Å². The van der Waals surface area contributed by atoms with Gasteiger partial charge in [0.05, 0.1) is 12.7 Å². The van der Waals surface area contributed by atoms with Crippen LogP contribution in [-0.2, 0) is 0 Å². The van der Waals surface area contributed by atoms with Gasteiger partial charge in [0.25, 0.3) is 0 Å². The summed E-state index contributed by atoms with van der Waals surface area (Å²) in [6.45, 7) is 0. The molecule has 0 saturated carbocycles. The maximum atomic E-state index is 14.0. The summed E-state index contributed by atoms with van der Waals surface area (Å²) < 4.78 is 19.8. The quantitative estimate of drug-likeness (QED) is 0.717. The number of aromatic nitrogens is 1. The minimum absolute atomic E-state index is 0.0247. The number of rotatable bonds is 3. The average molecular weight is 348 g/mol. The molecule has 0 fully saturated rings. The highest BCUT2D eigenvalue weighted by atomic mass is 79.9. The first kappa shape index (κ1) is 13.8. The van der Waals surface area contributed by atoms with Crippen LogP contribution in [0.4, 0.5) is 4.39 Å². The highest BCUT2D eigenvalue weighted by Crippen LogP contribution is 2.26. The van der Waals surface area contributed by atoms with Crippen LogP contribution in [0.25, 0.3) is 10.9 Å². The summed E-state index contributed by atoms with van der Waals surface area (Å²) in [6.07, 6.45) is 1.60. The first-order chi connectivity index (χ1) is 10.1. The van der Waals surface area contributed by atoms with Gasteiger partial charge in [0.2, 0.25) is 0 Å². The maximum Gasteiger partial charge on any atom is 0.198 e. The van der Waals surface area contributed by atoms with Crippen LogP contribution < -0.4 is 4.74 Å². The molecule has 0 unspecified atom stereocenters. The van der Waals surface area contributed by atoms with Crippen LogP contribution >= 0.6 is 15.9 Å². The van der Waals surface area contributed by atoms with Crippen molar-refractivity contribution in [1.29, 1.82) is 0 Å². The second-order valence-corrected chi connectivity index (χ2v) is 5.48. The Bertz CT molecular complexity index is 841. The molecule has 0 aliphatic rings. The van der Waals surface area contributed by atoms with Crippen molar-refractivity contribution in [2.24, 2.45) is 0 Å². The molecule has 106 valence electrons. The highest BCUT2D eigenvalue weighted by molar-refractivity contribution is 9.10. The highest BCUT2D eigenvalue weighted by Gasteiger charge is 2.18. The van der Waals surface area contributed by atoms with Crippen molar-refractivity contribution < 1.29 is 13.9 Å². The Balaban J connectivity index is 2.10. The van der Waals surface area contributed by atoms with Crippen LogP contribution in [0.1, 0.15) is 15.9 Å². The summed E-state index contributed by atoms with van der Waals surface area (Å²) in [5, 5.41) is 0.754. The second-order valence-electron chi connectivity index (χ2n) is 4.57. The van der Waals surface area contributed by atoms with Crippen LogP contribution in [0.15, 0.2) is 47.1 Å². The Labute approximate surface area is 128 Å². The van der Waals surface area contributed by atoms with E-state index < -0.39 is 5.82 Å². The Kier molecular flexibility index (Phi) is 3.51. The molecule has 0 amide bonds. The van der Waals surface area contributed by atoms with Gasteiger partial charge >= 0.3 is 0 Å². The van der Waals surface area contributed by atoms with Gasteiger partial charge in [0.15, 0.2) is 5.78 Å². The molecule has 0 aliphatic heterocycles. The predicted molar refractivity (Wildman–Crippen MR) is 82.4 cm³/mol. The number of ketones is 1. The molecule has 1 N–H and O–H groups in total. The zero-order chi connectivity index (χ0) is 15.0. The van der Waals surface area contributed by atoms with Crippen molar-refractivity contribution in [3.8, 4) is 5.75 Å². The van der Waals surface area contributed by atoms with E-state index in [2.05, 4.69) is 20.9 Å². The Morgan fingerprint density at radius 2 is 2.00 bits per heavy atom. The van der Waals surface area contributed by atoms with Crippen LogP contribution in [-0.4, -0.2) is 17.9 Å². The number of carbonyl (C=O) groups is 1. The number of hydrogen-bond acceptors (Lipinski definition) is 2. The largest absolute Gasteiger partial charge is 0.497 e. The van der Waals surface area contributed by atoms with Crippen LogP contribution in [0, 0.1) is 5.82 Å². The molecule has 0 bridgehead atoms. The molecule has 3 nitrogen and oxygen atoms in total. The van der Waals surface area contributed by atoms with Gasteiger partial charge in [0.1, 0.15) is 11.6 Å². The summed E-state index contributed by atoms with van der Waals surface area (Å²) in [5.74, 6) is -0.575. The summed E-state index contributed by atoms with van der Waals surface area (Å²) in [6, 6.07) is 9.79. The lowest BCUT2D eigenvalue weighted by molar-refractivity contribution is 0.103. The lowest BCUT2D eigenvalue weighted by Gasteiger charge is -2.04. The van der Waals surface area contributed by atoms with Gasteiger partial charge in [-0.3, -0.25) is 4.79 Å². The molecular formula is C16H11BrFNO2. The maximum absolute atomic E-state index is 14.0. The molecule has 21 heavy (non-hydrogen) atoms. The number of aromatic amines is 1. The first-order valence-electron chi connectivity index (χ1n) is 6.25. The summed E-state index contributed by atoms with van der Waals surface area (Å²) >= 11 is 3.37. The minimum atomic E-state index is -0.594. The van der Waals surface area contributed by atoms with Crippen molar-refractivity contribution in [3.63, 3.8) is 0 Å². The minimum Gasteiger partial charge on any atom is -0.497 e. The third-order valence-electron chi connectivity index (χ3n) is 3.31. The molecule has 1 heterocycles. The van der Waals surface area contributed by atoms with E-state index in [0.717, 1.165) is 15.4 Å². The van der Waals surface area contributed by atoms with E-state index in [1.54, 1.807) is 12.3 Å². The second kappa shape index (κ2) is 5.33. The number of carbonyl (C=O) groups excluding carboxylic acids is 1. The molecule has 0 aliphatic carbocycles. The van der Waals surface area contributed by atoms with Gasteiger partial charge in [-0.2, -0.15) is 0 Å². The third-order valence-corrected chi connectivity index (χ3v) is 3.80. The van der Waals surface area contributed by atoms with E-state index in [0.29, 0.717) is 11.3 Å². The van der Waals surface area contributed by atoms with E-state index in [1.165, 1.54) is 19.2 Å². The van der Waals surface area contributed by atoms with Gasteiger partial charge in [-0.25, -0.2) is 4.39 Å². The zero-order valence-electron chi connectivity index (χ0n) is 11.1. The SMILES string of the molecule is COc1ccc(C(=O)c2c[nH]c3ccc(Br)cc23)c(F)c1. The number of methoxy groups -OCH3 is 1. The number of benzene rings is 2. The van der Waals surface area contributed by atoms with Gasteiger partial charge in [0, 0.05) is 33.2 Å². The summed E-state index contributed by atoms with van der Waals surface area (Å²) in [4.78, 5) is 15.6. The van der Waals surface area contributed by atoms with E-state index in [9.17, 15) is 9.18 Å². The van der Waals surface area contributed by atoms with Crippen molar-refractivity contribution in [1.82, 2.24) is 4.98 Å². The Morgan fingerprint density at radius 3 is 2.71 bits per heavy atom. The monoisotopic (exact) mass is 347 g/mol. The standard InChI is InChI=1S/C16H11BrFNO2/c1-21-10-3-4-11(14(18)7-10)16(20)13-8-19-15-5-2-9(17)6-12(13)15/h2-8,19H,1H3.